The van der Waals surface area contributed by atoms with Crippen LogP contribution in [0, 0.1) is 5.82 Å². The zero-order valence-corrected chi connectivity index (χ0v) is 20.5. The summed E-state index contributed by atoms with van der Waals surface area (Å²) in [5, 5.41) is 5.93. The van der Waals surface area contributed by atoms with E-state index in [0.717, 1.165) is 11.3 Å². The van der Waals surface area contributed by atoms with E-state index in [1.54, 1.807) is 31.4 Å². The van der Waals surface area contributed by atoms with Gasteiger partial charge in [-0.2, -0.15) is 0 Å². The Morgan fingerprint density at radius 2 is 1.86 bits per heavy atom. The smallest absolute Gasteiger partial charge is 0.333 e. The number of fused-ring (bicyclic) bond motifs is 1. The largest absolute Gasteiger partial charge is 0.385 e. The highest BCUT2D eigenvalue weighted by Crippen LogP contribution is 2.29. The van der Waals surface area contributed by atoms with Gasteiger partial charge in [-0.05, 0) is 53.9 Å². The fraction of sp³-hybridized carbons (Fsp3) is 0.0435. The highest BCUT2D eigenvalue weighted by Gasteiger charge is 2.20. The molecule has 3 N–H and O–H groups in total. The minimum Gasteiger partial charge on any atom is -0.385 e. The van der Waals surface area contributed by atoms with Gasteiger partial charge in [0.1, 0.15) is 10.0 Å². The van der Waals surface area contributed by atoms with E-state index in [0.29, 0.717) is 16.6 Å². The molecule has 35 heavy (non-hydrogen) atoms. The lowest BCUT2D eigenvalue weighted by Crippen LogP contribution is -2.33. The third-order valence-electron chi connectivity index (χ3n) is 5.10. The molecule has 0 bridgehead atoms. The molecule has 0 aliphatic heterocycles. The molecule has 8 nitrogen and oxygen atoms in total. The van der Waals surface area contributed by atoms with E-state index in [9.17, 15) is 22.4 Å². The number of rotatable bonds is 6. The van der Waals surface area contributed by atoms with E-state index in [4.69, 9.17) is 11.6 Å². The maximum Gasteiger partial charge on any atom is 0.333 e. The molecule has 0 atom stereocenters. The van der Waals surface area contributed by atoms with Crippen LogP contribution in [-0.2, 0) is 10.0 Å². The highest BCUT2D eigenvalue weighted by molar-refractivity contribution is 7.92. The van der Waals surface area contributed by atoms with Crippen LogP contribution in [0.25, 0.3) is 22.5 Å². The third kappa shape index (κ3) is 4.78. The van der Waals surface area contributed by atoms with Crippen LogP contribution in [0.3, 0.4) is 0 Å². The van der Waals surface area contributed by atoms with E-state index in [1.165, 1.54) is 41.0 Å². The van der Waals surface area contributed by atoms with Crippen molar-refractivity contribution in [2.75, 3.05) is 17.7 Å². The van der Waals surface area contributed by atoms with Crippen molar-refractivity contribution < 1.29 is 17.6 Å². The number of benzene rings is 2. The Hall–Kier alpha value is -3.67. The molecule has 0 aliphatic rings. The topological polar surface area (TPSA) is 109 Å². The Bertz CT molecular complexity index is 1630. The normalized spacial score (nSPS) is 11.3. The molecule has 2 amide bonds. The van der Waals surface area contributed by atoms with Crippen LogP contribution < -0.4 is 20.9 Å². The number of carbonyl (C=O) groups excluding carboxylic acids is 1. The monoisotopic (exact) mass is 532 g/mol. The van der Waals surface area contributed by atoms with Crippen LogP contribution in [0.4, 0.5) is 20.6 Å². The molecule has 12 heteroatoms. The van der Waals surface area contributed by atoms with Crippen molar-refractivity contribution in [1.29, 1.82) is 0 Å². The number of pyridine rings is 1. The first-order valence-corrected chi connectivity index (χ1v) is 12.7. The van der Waals surface area contributed by atoms with E-state index in [2.05, 4.69) is 17.2 Å². The van der Waals surface area contributed by atoms with Crippen LogP contribution in [0.5, 0.6) is 0 Å². The number of halogens is 2. The minimum atomic E-state index is -4.07. The number of aromatic nitrogens is 1. The van der Waals surface area contributed by atoms with Gasteiger partial charge < -0.3 is 10.6 Å². The standard InChI is InChI=1S/C23H18ClFN4O4S2/c1-3-15-16-10-11-29(22(30)17(16)12-18(25)21(15)26-2)14-6-4-13(5-7-14)27-23(31)28-35(32,33)20-9-8-19(24)34-20/h3-12,26H,1H2,2H3,(H2,27,28,31). The van der Waals surface area contributed by atoms with Gasteiger partial charge in [0.05, 0.1) is 15.4 Å². The first kappa shape index (κ1) is 24.5. The summed E-state index contributed by atoms with van der Waals surface area (Å²) in [6.45, 7) is 3.72. The number of thiophene rings is 1. The van der Waals surface area contributed by atoms with Crippen molar-refractivity contribution in [2.45, 2.75) is 4.21 Å². The Kier molecular flexibility index (Phi) is 6.66. The van der Waals surface area contributed by atoms with Crippen LogP contribution in [-0.4, -0.2) is 26.1 Å². The van der Waals surface area contributed by atoms with Gasteiger partial charge in [-0.3, -0.25) is 9.36 Å². The summed E-state index contributed by atoms with van der Waals surface area (Å²) in [5.74, 6) is -0.574. The number of nitrogens with zero attached hydrogens (tertiary/aromatic N) is 1. The number of hydrogen-bond acceptors (Lipinski definition) is 6. The Morgan fingerprint density at radius 3 is 2.46 bits per heavy atom. The number of hydrogen-bond donors (Lipinski definition) is 3. The van der Waals surface area contributed by atoms with Gasteiger partial charge >= 0.3 is 6.03 Å². The number of nitrogens with one attached hydrogen (secondary N) is 3. The molecule has 0 saturated heterocycles. The molecule has 0 aliphatic carbocycles. The van der Waals surface area contributed by atoms with E-state index in [-0.39, 0.29) is 25.3 Å². The van der Waals surface area contributed by atoms with Crippen LogP contribution in [0.2, 0.25) is 4.34 Å². The Labute approximate surface area is 208 Å². The molecule has 0 spiro atoms. The molecule has 0 unspecified atom stereocenters. The average molecular weight is 533 g/mol. The van der Waals surface area contributed by atoms with Gasteiger partial charge in [0.25, 0.3) is 15.6 Å². The number of carbonyl (C=O) groups is 1. The number of urea groups is 1. The summed E-state index contributed by atoms with van der Waals surface area (Å²) in [5.41, 5.74) is 1.05. The van der Waals surface area contributed by atoms with Gasteiger partial charge in [0, 0.05) is 30.2 Å². The average Bonchev–Trinajstić information content (AvgIpc) is 3.26. The fourth-order valence-corrected chi connectivity index (χ4v) is 5.92. The predicted molar refractivity (Wildman–Crippen MR) is 138 cm³/mol. The molecule has 4 rings (SSSR count). The summed E-state index contributed by atoms with van der Waals surface area (Å²) in [7, 11) is -2.48. The molecular weight excluding hydrogens is 515 g/mol. The molecule has 0 radical (unpaired) electrons. The van der Waals surface area contributed by atoms with Gasteiger partial charge in [0.15, 0.2) is 0 Å². The van der Waals surface area contributed by atoms with Gasteiger partial charge in [-0.25, -0.2) is 22.3 Å². The van der Waals surface area contributed by atoms with E-state index < -0.39 is 27.4 Å². The number of anilines is 2. The minimum absolute atomic E-state index is 0.0958. The van der Waals surface area contributed by atoms with Gasteiger partial charge in [-0.1, -0.05) is 24.3 Å². The molecule has 2 aromatic heterocycles. The summed E-state index contributed by atoms with van der Waals surface area (Å²) in [6, 6.07) is 10.7. The Balaban J connectivity index is 1.58. The number of sulfonamides is 1. The van der Waals surface area contributed by atoms with Crippen molar-refractivity contribution in [3.05, 3.63) is 87.4 Å². The quantitative estimate of drug-likeness (QED) is 0.322. The van der Waals surface area contributed by atoms with Crippen molar-refractivity contribution in [2.24, 2.45) is 0 Å². The summed E-state index contributed by atoms with van der Waals surface area (Å²) < 4.78 is 42.4. The van der Waals surface area contributed by atoms with Crippen molar-refractivity contribution in [3.8, 4) is 5.69 Å². The summed E-state index contributed by atoms with van der Waals surface area (Å²) >= 11 is 6.57. The third-order valence-corrected chi connectivity index (χ3v) is 8.15. The molecule has 2 heterocycles. The van der Waals surface area contributed by atoms with Crippen molar-refractivity contribution in [3.63, 3.8) is 0 Å². The van der Waals surface area contributed by atoms with E-state index >= 15 is 0 Å². The SMILES string of the molecule is C=Cc1c(NC)c(F)cc2c(=O)n(-c3ccc(NC(=O)NS(=O)(=O)c4ccc(Cl)s4)cc3)ccc12. The van der Waals surface area contributed by atoms with Crippen molar-refractivity contribution >= 4 is 67.2 Å². The van der Waals surface area contributed by atoms with Gasteiger partial charge in [0.2, 0.25) is 0 Å². The molecule has 0 saturated carbocycles. The predicted octanol–water partition coefficient (Wildman–Crippen LogP) is 5.04. The van der Waals surface area contributed by atoms with Crippen LogP contribution >= 0.6 is 22.9 Å². The molecular formula is C23H18ClFN4O4S2. The van der Waals surface area contributed by atoms with Gasteiger partial charge in [-0.15, -0.1) is 11.3 Å². The number of amides is 2. The fourth-order valence-electron chi connectivity index (χ4n) is 3.53. The van der Waals surface area contributed by atoms with Crippen LogP contribution in [0.15, 0.2) is 70.3 Å². The second kappa shape index (κ2) is 9.53. The lowest BCUT2D eigenvalue weighted by molar-refractivity contribution is 0.256. The maximum absolute atomic E-state index is 14.5. The first-order valence-electron chi connectivity index (χ1n) is 10.0. The van der Waals surface area contributed by atoms with Crippen molar-refractivity contribution in [1.82, 2.24) is 9.29 Å². The van der Waals surface area contributed by atoms with E-state index in [1.807, 2.05) is 4.72 Å². The molecule has 4 aromatic rings. The molecule has 0 fully saturated rings. The van der Waals surface area contributed by atoms with Crippen LogP contribution in [0.1, 0.15) is 5.56 Å². The Morgan fingerprint density at radius 1 is 1.14 bits per heavy atom. The maximum atomic E-state index is 14.5. The first-order chi connectivity index (χ1) is 16.6. The lowest BCUT2D eigenvalue weighted by atomic mass is 10.0. The lowest BCUT2D eigenvalue weighted by Gasteiger charge is -2.13. The zero-order chi connectivity index (χ0) is 25.3. The second-order valence-electron chi connectivity index (χ2n) is 7.22. The highest BCUT2D eigenvalue weighted by atomic mass is 35.5. The second-order valence-corrected chi connectivity index (χ2v) is 10.8. The molecule has 180 valence electrons. The summed E-state index contributed by atoms with van der Waals surface area (Å²) in [6.07, 6.45) is 3.04. The molecule has 2 aromatic carbocycles. The summed E-state index contributed by atoms with van der Waals surface area (Å²) in [4.78, 5) is 25.3. The zero-order valence-electron chi connectivity index (χ0n) is 18.1.